The van der Waals surface area contributed by atoms with Crippen molar-refractivity contribution in [3.05, 3.63) is 39.3 Å². The van der Waals surface area contributed by atoms with Crippen molar-refractivity contribution in [2.24, 2.45) is 0 Å². The van der Waals surface area contributed by atoms with E-state index in [0.29, 0.717) is 12.4 Å². The van der Waals surface area contributed by atoms with Crippen LogP contribution in [0, 0.1) is 24.0 Å². The van der Waals surface area contributed by atoms with Crippen LogP contribution >= 0.6 is 0 Å². The van der Waals surface area contributed by atoms with E-state index in [-0.39, 0.29) is 11.5 Å². The van der Waals surface area contributed by atoms with Gasteiger partial charge in [-0.25, -0.2) is 4.98 Å². The molecule has 8 nitrogen and oxygen atoms in total. The standard InChI is InChI=1S/C11H13N5O3/c1-6-8(7(2)19-15-6)5-13-10-4-3-9(16(17)18)11(12)14-10/h3-4H,5H2,1-2H3,(H3,12,13,14). The molecule has 100 valence electrons. The fourth-order valence-electron chi connectivity index (χ4n) is 1.65. The maximum atomic E-state index is 10.6. The molecule has 3 N–H and O–H groups in total. The van der Waals surface area contributed by atoms with Crippen LogP contribution in [0.15, 0.2) is 16.7 Å². The lowest BCUT2D eigenvalue weighted by atomic mass is 10.2. The average Bonchev–Trinajstić information content (AvgIpc) is 2.66. The first-order valence-corrected chi connectivity index (χ1v) is 5.55. The zero-order chi connectivity index (χ0) is 14.0. The Kier molecular flexibility index (Phi) is 3.32. The second kappa shape index (κ2) is 4.92. The van der Waals surface area contributed by atoms with Gasteiger partial charge in [-0.05, 0) is 19.9 Å². The predicted molar refractivity (Wildman–Crippen MR) is 68.6 cm³/mol. The van der Waals surface area contributed by atoms with Gasteiger partial charge in [0.1, 0.15) is 11.6 Å². The Labute approximate surface area is 108 Å². The molecule has 2 aromatic heterocycles. The van der Waals surface area contributed by atoms with Gasteiger partial charge in [0.15, 0.2) is 0 Å². The average molecular weight is 263 g/mol. The minimum atomic E-state index is -0.569. The normalized spacial score (nSPS) is 10.4. The van der Waals surface area contributed by atoms with Crippen LogP contribution in [0.2, 0.25) is 0 Å². The molecule has 0 atom stereocenters. The second-order valence-electron chi connectivity index (χ2n) is 4.01. The fourth-order valence-corrected chi connectivity index (χ4v) is 1.65. The molecule has 0 fully saturated rings. The van der Waals surface area contributed by atoms with E-state index in [0.717, 1.165) is 17.0 Å². The number of anilines is 2. The van der Waals surface area contributed by atoms with E-state index in [4.69, 9.17) is 10.3 Å². The van der Waals surface area contributed by atoms with Crippen LogP contribution in [-0.4, -0.2) is 15.1 Å². The summed E-state index contributed by atoms with van der Waals surface area (Å²) >= 11 is 0. The second-order valence-corrected chi connectivity index (χ2v) is 4.01. The molecule has 2 heterocycles. The molecule has 0 saturated heterocycles. The molecular weight excluding hydrogens is 250 g/mol. The number of aryl methyl sites for hydroxylation is 2. The summed E-state index contributed by atoms with van der Waals surface area (Å²) in [6.45, 7) is 4.12. The molecule has 0 amide bonds. The Morgan fingerprint density at radius 2 is 2.21 bits per heavy atom. The first-order valence-electron chi connectivity index (χ1n) is 5.55. The molecule has 8 heteroatoms. The maximum Gasteiger partial charge on any atom is 0.311 e. The quantitative estimate of drug-likeness (QED) is 0.637. The molecule has 0 aliphatic heterocycles. The van der Waals surface area contributed by atoms with Gasteiger partial charge in [-0.1, -0.05) is 5.16 Å². The van der Waals surface area contributed by atoms with Crippen molar-refractivity contribution in [2.75, 3.05) is 11.1 Å². The zero-order valence-corrected chi connectivity index (χ0v) is 10.5. The van der Waals surface area contributed by atoms with Gasteiger partial charge in [-0.15, -0.1) is 0 Å². The third-order valence-electron chi connectivity index (χ3n) is 2.73. The number of aromatic nitrogens is 2. The summed E-state index contributed by atoms with van der Waals surface area (Å²) in [7, 11) is 0. The number of nitrogens with one attached hydrogen (secondary N) is 1. The van der Waals surface area contributed by atoms with Crippen LogP contribution in [0.5, 0.6) is 0 Å². The van der Waals surface area contributed by atoms with Crippen LogP contribution in [0.25, 0.3) is 0 Å². The number of hydrogen-bond acceptors (Lipinski definition) is 7. The number of nitrogen functional groups attached to an aromatic ring is 1. The molecule has 2 aromatic rings. The van der Waals surface area contributed by atoms with Crippen molar-refractivity contribution >= 4 is 17.3 Å². The third-order valence-corrected chi connectivity index (χ3v) is 2.73. The van der Waals surface area contributed by atoms with Crippen molar-refractivity contribution in [3.8, 4) is 0 Å². The summed E-state index contributed by atoms with van der Waals surface area (Å²) in [6, 6.07) is 2.82. The number of nitrogens with two attached hydrogens (primary N) is 1. The SMILES string of the molecule is Cc1noc(C)c1CNc1ccc([N+](=O)[O-])c(N)n1. The van der Waals surface area contributed by atoms with Gasteiger partial charge in [0.2, 0.25) is 5.82 Å². The topological polar surface area (TPSA) is 120 Å². The van der Waals surface area contributed by atoms with Gasteiger partial charge in [0, 0.05) is 18.2 Å². The molecule has 0 radical (unpaired) electrons. The van der Waals surface area contributed by atoms with Gasteiger partial charge in [-0.2, -0.15) is 0 Å². The van der Waals surface area contributed by atoms with Crippen molar-refractivity contribution in [1.29, 1.82) is 0 Å². The number of nitro groups is 1. The van der Waals surface area contributed by atoms with Gasteiger partial charge in [0.05, 0.1) is 10.6 Å². The molecule has 0 aliphatic rings. The zero-order valence-electron chi connectivity index (χ0n) is 10.5. The highest BCUT2D eigenvalue weighted by molar-refractivity contribution is 5.57. The van der Waals surface area contributed by atoms with Crippen LogP contribution < -0.4 is 11.1 Å². The highest BCUT2D eigenvalue weighted by atomic mass is 16.6. The van der Waals surface area contributed by atoms with Crippen molar-refractivity contribution < 1.29 is 9.45 Å². The Balaban J connectivity index is 2.13. The number of pyridine rings is 1. The van der Waals surface area contributed by atoms with E-state index < -0.39 is 4.92 Å². The van der Waals surface area contributed by atoms with Crippen molar-refractivity contribution in [1.82, 2.24) is 10.1 Å². The first-order chi connectivity index (χ1) is 8.99. The molecule has 2 rings (SSSR count). The van der Waals surface area contributed by atoms with Gasteiger partial charge < -0.3 is 15.6 Å². The number of hydrogen-bond donors (Lipinski definition) is 2. The lowest BCUT2D eigenvalue weighted by Crippen LogP contribution is -2.05. The molecule has 0 aromatic carbocycles. The van der Waals surface area contributed by atoms with Crippen molar-refractivity contribution in [3.63, 3.8) is 0 Å². The van der Waals surface area contributed by atoms with E-state index in [9.17, 15) is 10.1 Å². The Morgan fingerprint density at radius 3 is 2.74 bits per heavy atom. The minimum absolute atomic E-state index is 0.117. The largest absolute Gasteiger partial charge is 0.378 e. The van der Waals surface area contributed by atoms with Gasteiger partial charge in [0.25, 0.3) is 0 Å². The minimum Gasteiger partial charge on any atom is -0.378 e. The summed E-state index contributed by atoms with van der Waals surface area (Å²) < 4.78 is 5.03. The smallest absolute Gasteiger partial charge is 0.311 e. The highest BCUT2D eigenvalue weighted by Crippen LogP contribution is 2.21. The lowest BCUT2D eigenvalue weighted by Gasteiger charge is -2.05. The predicted octanol–water partition coefficient (Wildman–Crippen LogP) is 1.79. The van der Waals surface area contributed by atoms with E-state index in [1.165, 1.54) is 12.1 Å². The molecule has 0 spiro atoms. The lowest BCUT2D eigenvalue weighted by molar-refractivity contribution is -0.384. The number of nitrogens with zero attached hydrogens (tertiary/aromatic N) is 3. The van der Waals surface area contributed by atoms with Crippen LogP contribution in [0.3, 0.4) is 0 Å². The summed E-state index contributed by atoms with van der Waals surface area (Å²) in [4.78, 5) is 14.0. The summed E-state index contributed by atoms with van der Waals surface area (Å²) in [5.41, 5.74) is 7.02. The molecular formula is C11H13N5O3. The monoisotopic (exact) mass is 263 g/mol. The molecule has 0 saturated carbocycles. The molecule has 0 unspecified atom stereocenters. The van der Waals surface area contributed by atoms with Crippen LogP contribution in [0.1, 0.15) is 17.0 Å². The van der Waals surface area contributed by atoms with Crippen LogP contribution in [0.4, 0.5) is 17.3 Å². The first kappa shape index (κ1) is 12.8. The van der Waals surface area contributed by atoms with Crippen molar-refractivity contribution in [2.45, 2.75) is 20.4 Å². The van der Waals surface area contributed by atoms with E-state index >= 15 is 0 Å². The summed E-state index contributed by atoms with van der Waals surface area (Å²) in [6.07, 6.45) is 0. The molecule has 0 aliphatic carbocycles. The van der Waals surface area contributed by atoms with Gasteiger partial charge >= 0.3 is 5.69 Å². The summed E-state index contributed by atoms with van der Waals surface area (Å²) in [5, 5.41) is 17.5. The van der Waals surface area contributed by atoms with Gasteiger partial charge in [-0.3, -0.25) is 10.1 Å². The molecule has 19 heavy (non-hydrogen) atoms. The van der Waals surface area contributed by atoms with Crippen LogP contribution in [-0.2, 0) is 6.54 Å². The Bertz CT molecular complexity index is 603. The third kappa shape index (κ3) is 2.62. The summed E-state index contributed by atoms with van der Waals surface area (Å²) in [5.74, 6) is 1.07. The van der Waals surface area contributed by atoms with E-state index in [2.05, 4.69) is 15.5 Å². The molecule has 0 bridgehead atoms. The fraction of sp³-hybridized carbons (Fsp3) is 0.273. The maximum absolute atomic E-state index is 10.6. The van der Waals surface area contributed by atoms with E-state index in [1.54, 1.807) is 0 Å². The Morgan fingerprint density at radius 1 is 1.47 bits per heavy atom. The number of rotatable bonds is 4. The highest BCUT2D eigenvalue weighted by Gasteiger charge is 2.13. The van der Waals surface area contributed by atoms with E-state index in [1.807, 2.05) is 13.8 Å². The Hall–Kier alpha value is -2.64.